The summed E-state index contributed by atoms with van der Waals surface area (Å²) < 4.78 is 49.4. The normalized spacial score (nSPS) is 14.8. The molecule has 0 saturated heterocycles. The number of ether oxygens (including phenoxy) is 2. The van der Waals surface area contributed by atoms with Crippen LogP contribution in [0.4, 0.5) is 13.2 Å². The molecule has 4 aromatic carbocycles. The van der Waals surface area contributed by atoms with E-state index in [1.807, 2.05) is 35.0 Å². The van der Waals surface area contributed by atoms with Crippen molar-refractivity contribution in [3.63, 3.8) is 0 Å². The molecule has 12 heteroatoms. The molecular formula is C36H32F3N5O4. The van der Waals surface area contributed by atoms with E-state index in [-0.39, 0.29) is 18.0 Å². The summed E-state index contributed by atoms with van der Waals surface area (Å²) >= 11 is 0. The Morgan fingerprint density at radius 3 is 2.40 bits per heavy atom. The standard InChI is InChI=1S/C36H32F3N5O4/c37-36(38,39)48-28-15-9-23(10-16-28)19-32(34(40)45)43-35(46)30-8-4-7-29-31(17-18-47-33(29)30)42-21-27-20-41-22-44(27)26-13-11-25(12-14-26)24-5-2-1-3-6-24/h1-16,20,22,31-32,42H,17-19,21H2,(H2,40,45)(H,43,46)/t31?,32-/m0/s1. The molecule has 6 rings (SSSR count). The summed E-state index contributed by atoms with van der Waals surface area (Å²) in [5, 5.41) is 6.23. The van der Waals surface area contributed by atoms with Crippen LogP contribution >= 0.6 is 0 Å². The van der Waals surface area contributed by atoms with E-state index in [0.717, 1.165) is 40.2 Å². The van der Waals surface area contributed by atoms with Crippen molar-refractivity contribution in [2.75, 3.05) is 6.61 Å². The van der Waals surface area contributed by atoms with E-state index in [2.05, 4.69) is 56.8 Å². The Balaban J connectivity index is 1.12. The van der Waals surface area contributed by atoms with E-state index in [0.29, 0.717) is 30.9 Å². The molecule has 0 spiro atoms. The number of carbonyl (C=O) groups excluding carboxylic acids is 2. The predicted molar refractivity (Wildman–Crippen MR) is 172 cm³/mol. The number of amides is 2. The van der Waals surface area contributed by atoms with Gasteiger partial charge in [0.25, 0.3) is 5.91 Å². The van der Waals surface area contributed by atoms with Gasteiger partial charge < -0.3 is 30.4 Å². The van der Waals surface area contributed by atoms with E-state index in [9.17, 15) is 22.8 Å². The van der Waals surface area contributed by atoms with Crippen LogP contribution < -0.4 is 25.8 Å². The molecule has 1 aliphatic heterocycles. The van der Waals surface area contributed by atoms with Crippen LogP contribution in [0.15, 0.2) is 110 Å². The highest BCUT2D eigenvalue weighted by atomic mass is 19.4. The Kier molecular flexibility index (Phi) is 9.44. The lowest BCUT2D eigenvalue weighted by atomic mass is 9.96. The molecule has 0 radical (unpaired) electrons. The van der Waals surface area contributed by atoms with E-state index in [1.54, 1.807) is 18.5 Å². The molecule has 48 heavy (non-hydrogen) atoms. The first-order chi connectivity index (χ1) is 23.1. The van der Waals surface area contributed by atoms with Gasteiger partial charge in [-0.3, -0.25) is 9.59 Å². The molecule has 246 valence electrons. The molecule has 2 heterocycles. The lowest BCUT2D eigenvalue weighted by Gasteiger charge is -2.28. The molecule has 9 nitrogen and oxygen atoms in total. The van der Waals surface area contributed by atoms with Gasteiger partial charge in [0.1, 0.15) is 17.5 Å². The van der Waals surface area contributed by atoms with Crippen LogP contribution in [0.3, 0.4) is 0 Å². The zero-order valence-electron chi connectivity index (χ0n) is 25.6. The van der Waals surface area contributed by atoms with Gasteiger partial charge >= 0.3 is 6.36 Å². The quantitative estimate of drug-likeness (QED) is 0.164. The minimum atomic E-state index is -4.82. The fourth-order valence-electron chi connectivity index (χ4n) is 5.70. The number of benzene rings is 4. The number of nitrogens with two attached hydrogens (primary N) is 1. The molecule has 0 aliphatic carbocycles. The Labute approximate surface area is 274 Å². The van der Waals surface area contributed by atoms with E-state index >= 15 is 0 Å². The predicted octanol–water partition coefficient (Wildman–Crippen LogP) is 5.88. The monoisotopic (exact) mass is 655 g/mol. The van der Waals surface area contributed by atoms with Crippen LogP contribution in [-0.4, -0.2) is 40.4 Å². The first kappa shape index (κ1) is 32.3. The third-order valence-electron chi connectivity index (χ3n) is 8.06. The molecule has 5 aromatic rings. The number of para-hydroxylation sites is 1. The summed E-state index contributed by atoms with van der Waals surface area (Å²) in [6.07, 6.45) is -0.612. The maximum Gasteiger partial charge on any atom is 0.573 e. The molecule has 2 amide bonds. The van der Waals surface area contributed by atoms with Crippen LogP contribution in [0, 0.1) is 0 Å². The third-order valence-corrected chi connectivity index (χ3v) is 8.06. The van der Waals surface area contributed by atoms with Crippen molar-refractivity contribution in [3.8, 4) is 28.3 Å². The highest BCUT2D eigenvalue weighted by molar-refractivity contribution is 6.00. The van der Waals surface area contributed by atoms with E-state index in [1.165, 1.54) is 12.1 Å². The van der Waals surface area contributed by atoms with Gasteiger partial charge in [-0.2, -0.15) is 0 Å². The third kappa shape index (κ3) is 7.67. The van der Waals surface area contributed by atoms with Gasteiger partial charge in [0.05, 0.1) is 24.2 Å². The van der Waals surface area contributed by atoms with Gasteiger partial charge in [-0.1, -0.05) is 66.7 Å². The van der Waals surface area contributed by atoms with Crippen LogP contribution in [0.25, 0.3) is 16.8 Å². The van der Waals surface area contributed by atoms with Crippen LogP contribution in [0.5, 0.6) is 11.5 Å². The summed E-state index contributed by atoms with van der Waals surface area (Å²) in [7, 11) is 0. The number of halogens is 3. The molecule has 0 bridgehead atoms. The van der Waals surface area contributed by atoms with Gasteiger partial charge in [-0.25, -0.2) is 4.98 Å². The Bertz CT molecular complexity index is 1880. The lowest BCUT2D eigenvalue weighted by Crippen LogP contribution is -2.46. The van der Waals surface area contributed by atoms with Crippen molar-refractivity contribution in [1.29, 1.82) is 0 Å². The van der Waals surface area contributed by atoms with Crippen molar-refractivity contribution in [2.24, 2.45) is 5.73 Å². The maximum atomic E-state index is 13.4. The molecule has 0 fully saturated rings. The number of hydrogen-bond donors (Lipinski definition) is 3. The van der Waals surface area contributed by atoms with Gasteiger partial charge in [-0.05, 0) is 47.0 Å². The van der Waals surface area contributed by atoms with Gasteiger partial charge in [-0.15, -0.1) is 13.2 Å². The number of hydrogen-bond acceptors (Lipinski definition) is 6. The number of nitrogens with one attached hydrogen (secondary N) is 2. The smallest absolute Gasteiger partial charge is 0.492 e. The largest absolute Gasteiger partial charge is 0.573 e. The topological polar surface area (TPSA) is 121 Å². The molecule has 1 aliphatic rings. The zero-order valence-corrected chi connectivity index (χ0v) is 25.6. The first-order valence-electron chi connectivity index (χ1n) is 15.3. The van der Waals surface area contributed by atoms with Crippen molar-refractivity contribution in [1.82, 2.24) is 20.2 Å². The maximum absolute atomic E-state index is 13.4. The molecule has 1 unspecified atom stereocenters. The second kappa shape index (κ2) is 14.0. The van der Waals surface area contributed by atoms with E-state index < -0.39 is 30.0 Å². The second-order valence-corrected chi connectivity index (χ2v) is 11.3. The summed E-state index contributed by atoms with van der Waals surface area (Å²) in [6, 6.07) is 27.4. The fraction of sp³-hybridized carbons (Fsp3) is 0.194. The number of nitrogens with zero attached hydrogens (tertiary/aromatic N) is 2. The lowest BCUT2D eigenvalue weighted by molar-refractivity contribution is -0.274. The highest BCUT2D eigenvalue weighted by Gasteiger charge is 2.31. The Morgan fingerprint density at radius 1 is 0.958 bits per heavy atom. The van der Waals surface area contributed by atoms with Crippen LogP contribution in [0.1, 0.15) is 39.6 Å². The molecule has 2 atom stereocenters. The van der Waals surface area contributed by atoms with Gasteiger partial charge in [0.15, 0.2) is 0 Å². The minimum Gasteiger partial charge on any atom is -0.492 e. The number of alkyl halides is 3. The number of aromatic nitrogens is 2. The molecule has 1 aromatic heterocycles. The van der Waals surface area contributed by atoms with Crippen molar-refractivity contribution < 1.29 is 32.2 Å². The van der Waals surface area contributed by atoms with Crippen LogP contribution in [-0.2, 0) is 17.8 Å². The molecule has 4 N–H and O–H groups in total. The fourth-order valence-corrected chi connectivity index (χ4v) is 5.70. The Morgan fingerprint density at radius 2 is 1.69 bits per heavy atom. The SMILES string of the molecule is NC(=O)[C@H](Cc1ccc(OC(F)(F)F)cc1)NC(=O)c1cccc2c1OCCC2NCc1cncn1-c1ccc(-c2ccccc2)cc1. The zero-order chi connectivity index (χ0) is 33.7. The minimum absolute atomic E-state index is 0.0316. The van der Waals surface area contributed by atoms with Gasteiger partial charge in [0.2, 0.25) is 5.91 Å². The average Bonchev–Trinajstić information content (AvgIpc) is 3.56. The second-order valence-electron chi connectivity index (χ2n) is 11.3. The summed E-state index contributed by atoms with van der Waals surface area (Å²) in [5.41, 5.74) is 11.3. The van der Waals surface area contributed by atoms with Crippen molar-refractivity contribution in [3.05, 3.63) is 132 Å². The number of fused-ring (bicyclic) bond motifs is 1. The van der Waals surface area contributed by atoms with E-state index in [4.69, 9.17) is 10.5 Å². The number of rotatable bonds is 11. The summed E-state index contributed by atoms with van der Waals surface area (Å²) in [6.45, 7) is 0.859. The average molecular weight is 656 g/mol. The van der Waals surface area contributed by atoms with Crippen LogP contribution in [0.2, 0.25) is 0 Å². The number of carbonyl (C=O) groups is 2. The molecule has 0 saturated carbocycles. The summed E-state index contributed by atoms with van der Waals surface area (Å²) in [5.74, 6) is -1.36. The molecular weight excluding hydrogens is 623 g/mol. The first-order valence-corrected chi connectivity index (χ1v) is 15.3. The Hall–Kier alpha value is -5.62. The summed E-state index contributed by atoms with van der Waals surface area (Å²) in [4.78, 5) is 30.1. The van der Waals surface area contributed by atoms with Crippen molar-refractivity contribution in [2.45, 2.75) is 37.8 Å². The number of imidazole rings is 1. The number of primary amides is 1. The van der Waals surface area contributed by atoms with Gasteiger partial charge in [0, 0.05) is 42.9 Å². The highest BCUT2D eigenvalue weighted by Crippen LogP contribution is 2.35. The van der Waals surface area contributed by atoms with Crippen molar-refractivity contribution >= 4 is 11.8 Å².